The Kier molecular flexibility index (Phi) is 5.91. The number of carboxylic acid groups (broad SMARTS) is 1. The van der Waals surface area contributed by atoms with Gasteiger partial charge in [0.2, 0.25) is 0 Å². The molecule has 0 saturated carbocycles. The van der Waals surface area contributed by atoms with Crippen molar-refractivity contribution in [2.24, 2.45) is 5.92 Å². The van der Waals surface area contributed by atoms with Crippen LogP contribution in [0.2, 0.25) is 5.02 Å². The van der Waals surface area contributed by atoms with Gasteiger partial charge in [-0.1, -0.05) is 58.4 Å². The van der Waals surface area contributed by atoms with Gasteiger partial charge in [0.15, 0.2) is 0 Å². The van der Waals surface area contributed by atoms with E-state index < -0.39 is 12.0 Å². The van der Waals surface area contributed by atoms with Crippen LogP contribution in [0.15, 0.2) is 30.5 Å². The Balaban J connectivity index is 2.37. The highest BCUT2D eigenvalue weighted by molar-refractivity contribution is 6.32. The number of carboxylic acids is 1. The molecule has 0 aliphatic carbocycles. The molecular weight excluding hydrogens is 338 g/mol. The summed E-state index contributed by atoms with van der Waals surface area (Å²) in [5.41, 5.74) is 2.53. The first-order chi connectivity index (χ1) is 11.6. The molecule has 2 rings (SSSR count). The highest BCUT2D eigenvalue weighted by Crippen LogP contribution is 2.27. The number of nitrogens with zero attached hydrogens (tertiary/aromatic N) is 2. The zero-order valence-electron chi connectivity index (χ0n) is 15.4. The van der Waals surface area contributed by atoms with Gasteiger partial charge in [-0.3, -0.25) is 10.1 Å². The Morgan fingerprint density at radius 2 is 1.96 bits per heavy atom. The second kappa shape index (κ2) is 7.58. The molecule has 2 aromatic rings. The molecule has 1 atom stereocenters. The van der Waals surface area contributed by atoms with E-state index in [0.29, 0.717) is 11.6 Å². The fourth-order valence-corrected chi connectivity index (χ4v) is 2.98. The predicted octanol–water partition coefficient (Wildman–Crippen LogP) is 4.02. The van der Waals surface area contributed by atoms with Gasteiger partial charge < -0.3 is 5.11 Å². The minimum atomic E-state index is -0.842. The van der Waals surface area contributed by atoms with Crippen molar-refractivity contribution in [2.45, 2.75) is 52.6 Å². The molecular formula is C19H26ClN3O2. The highest BCUT2D eigenvalue weighted by atomic mass is 35.5. The van der Waals surface area contributed by atoms with Gasteiger partial charge in [0.1, 0.15) is 6.04 Å². The Bertz CT molecular complexity index is 747. The van der Waals surface area contributed by atoms with Crippen molar-refractivity contribution in [2.75, 3.05) is 0 Å². The fourth-order valence-electron chi connectivity index (χ4n) is 2.76. The lowest BCUT2D eigenvalue weighted by Gasteiger charge is -2.20. The van der Waals surface area contributed by atoms with Gasteiger partial charge in [-0.2, -0.15) is 5.10 Å². The molecule has 1 heterocycles. The third-order valence-electron chi connectivity index (χ3n) is 4.04. The summed E-state index contributed by atoms with van der Waals surface area (Å²) in [7, 11) is 0. The first kappa shape index (κ1) is 19.5. The number of hydrogen-bond acceptors (Lipinski definition) is 3. The summed E-state index contributed by atoms with van der Waals surface area (Å²) in [6.45, 7) is 10.5. The monoisotopic (exact) mass is 363 g/mol. The summed E-state index contributed by atoms with van der Waals surface area (Å²) in [5.74, 6) is -0.847. The number of carbonyl (C=O) groups is 1. The van der Waals surface area contributed by atoms with E-state index in [1.165, 1.54) is 0 Å². The number of benzene rings is 1. The maximum absolute atomic E-state index is 11.4. The van der Waals surface area contributed by atoms with Gasteiger partial charge in [-0.05, 0) is 18.1 Å². The fraction of sp³-hybridized carbons (Fsp3) is 0.474. The molecule has 2 N–H and O–H groups in total. The first-order valence-electron chi connectivity index (χ1n) is 8.41. The van der Waals surface area contributed by atoms with E-state index in [9.17, 15) is 9.90 Å². The molecule has 0 aliphatic heterocycles. The van der Waals surface area contributed by atoms with E-state index in [1.54, 1.807) is 4.68 Å². The third-order valence-corrected chi connectivity index (χ3v) is 4.36. The Labute approximate surface area is 154 Å². The highest BCUT2D eigenvalue weighted by Gasteiger charge is 2.26. The molecule has 0 spiro atoms. The molecule has 0 saturated heterocycles. The molecule has 5 nitrogen and oxygen atoms in total. The maximum Gasteiger partial charge on any atom is 0.320 e. The second-order valence-corrected chi connectivity index (χ2v) is 8.00. The van der Waals surface area contributed by atoms with Crippen molar-refractivity contribution in [3.05, 3.63) is 46.7 Å². The van der Waals surface area contributed by atoms with E-state index in [0.717, 1.165) is 16.9 Å². The van der Waals surface area contributed by atoms with E-state index in [4.69, 9.17) is 16.7 Å². The average molecular weight is 364 g/mol. The van der Waals surface area contributed by atoms with E-state index in [1.807, 2.05) is 44.3 Å². The number of aliphatic carboxylic acids is 1. The molecule has 0 unspecified atom stereocenters. The van der Waals surface area contributed by atoms with Crippen LogP contribution in [-0.2, 0) is 16.8 Å². The van der Waals surface area contributed by atoms with Gasteiger partial charge in [0, 0.05) is 23.7 Å². The second-order valence-electron chi connectivity index (χ2n) is 7.59. The zero-order valence-corrected chi connectivity index (χ0v) is 16.1. The molecule has 0 aliphatic rings. The zero-order chi connectivity index (χ0) is 18.8. The number of rotatable bonds is 6. The predicted molar refractivity (Wildman–Crippen MR) is 100 cm³/mol. The lowest BCUT2D eigenvalue weighted by Crippen LogP contribution is -2.40. The molecule has 0 fully saturated rings. The minimum Gasteiger partial charge on any atom is -0.480 e. The van der Waals surface area contributed by atoms with Gasteiger partial charge in [0.25, 0.3) is 0 Å². The van der Waals surface area contributed by atoms with Crippen LogP contribution in [0.5, 0.6) is 0 Å². The van der Waals surface area contributed by atoms with Crippen molar-refractivity contribution in [3.63, 3.8) is 0 Å². The van der Waals surface area contributed by atoms with Crippen LogP contribution in [-0.4, -0.2) is 26.9 Å². The van der Waals surface area contributed by atoms with Crippen molar-refractivity contribution < 1.29 is 9.90 Å². The summed E-state index contributed by atoms with van der Waals surface area (Å²) < 4.78 is 1.77. The quantitative estimate of drug-likeness (QED) is 0.813. The molecule has 0 amide bonds. The topological polar surface area (TPSA) is 67.2 Å². The largest absolute Gasteiger partial charge is 0.480 e. The Morgan fingerprint density at radius 1 is 1.32 bits per heavy atom. The van der Waals surface area contributed by atoms with E-state index in [-0.39, 0.29) is 11.3 Å². The van der Waals surface area contributed by atoms with Crippen LogP contribution in [0.3, 0.4) is 0 Å². The molecule has 6 heteroatoms. The van der Waals surface area contributed by atoms with E-state index >= 15 is 0 Å². The average Bonchev–Trinajstić information content (AvgIpc) is 2.91. The normalized spacial score (nSPS) is 13.2. The van der Waals surface area contributed by atoms with Crippen LogP contribution < -0.4 is 5.32 Å². The first-order valence-corrected chi connectivity index (χ1v) is 8.79. The molecule has 136 valence electrons. The van der Waals surface area contributed by atoms with Crippen molar-refractivity contribution in [1.82, 2.24) is 15.1 Å². The van der Waals surface area contributed by atoms with Crippen LogP contribution >= 0.6 is 11.6 Å². The lowest BCUT2D eigenvalue weighted by atomic mass is 9.89. The van der Waals surface area contributed by atoms with Gasteiger partial charge in [-0.15, -0.1) is 0 Å². The molecule has 0 radical (unpaired) electrons. The number of aromatic nitrogens is 2. The third kappa shape index (κ3) is 4.61. The number of halogens is 1. The van der Waals surface area contributed by atoms with Gasteiger partial charge in [0.05, 0.1) is 16.4 Å². The summed E-state index contributed by atoms with van der Waals surface area (Å²) >= 11 is 6.29. The molecule has 0 bridgehead atoms. The van der Waals surface area contributed by atoms with Crippen LogP contribution in [0.25, 0.3) is 5.69 Å². The van der Waals surface area contributed by atoms with Crippen LogP contribution in [0.4, 0.5) is 0 Å². The summed E-state index contributed by atoms with van der Waals surface area (Å²) in [4.78, 5) is 11.4. The molecule has 1 aromatic carbocycles. The van der Waals surface area contributed by atoms with Crippen LogP contribution in [0.1, 0.15) is 45.9 Å². The lowest BCUT2D eigenvalue weighted by molar-refractivity contribution is -0.140. The van der Waals surface area contributed by atoms with Gasteiger partial charge in [-0.25, -0.2) is 4.68 Å². The minimum absolute atomic E-state index is 0.00537. The number of hydrogen-bond donors (Lipinski definition) is 2. The SMILES string of the molecule is CC(C)[C@H](NCc1cn(-c2ccccc2Cl)nc1C(C)(C)C)C(=O)O. The number of para-hydroxylation sites is 1. The Hall–Kier alpha value is -1.85. The molecule has 25 heavy (non-hydrogen) atoms. The van der Waals surface area contributed by atoms with Crippen molar-refractivity contribution in [3.8, 4) is 5.69 Å². The smallest absolute Gasteiger partial charge is 0.320 e. The summed E-state index contributed by atoms with van der Waals surface area (Å²) in [6.07, 6.45) is 1.92. The molecule has 1 aromatic heterocycles. The standard InChI is InChI=1S/C19H26ClN3O2/c1-12(2)16(18(24)25)21-10-13-11-23(22-17(13)19(3,4)5)15-9-7-6-8-14(15)20/h6-9,11-12,16,21H,10H2,1-5H3,(H,24,25)/t16-/m0/s1. The van der Waals surface area contributed by atoms with Gasteiger partial charge >= 0.3 is 5.97 Å². The van der Waals surface area contributed by atoms with Crippen LogP contribution in [0, 0.1) is 5.92 Å². The maximum atomic E-state index is 11.4. The van der Waals surface area contributed by atoms with E-state index in [2.05, 4.69) is 26.1 Å². The summed E-state index contributed by atoms with van der Waals surface area (Å²) in [6, 6.07) is 6.93. The number of nitrogens with one attached hydrogen (secondary N) is 1. The summed E-state index contributed by atoms with van der Waals surface area (Å²) in [5, 5.41) is 17.9. The van der Waals surface area contributed by atoms with Crippen molar-refractivity contribution >= 4 is 17.6 Å². The Morgan fingerprint density at radius 3 is 2.48 bits per heavy atom. The van der Waals surface area contributed by atoms with Crippen molar-refractivity contribution in [1.29, 1.82) is 0 Å².